The van der Waals surface area contributed by atoms with E-state index in [1.54, 1.807) is 42.4 Å². The van der Waals surface area contributed by atoms with Gasteiger partial charge in [0.2, 0.25) is 11.8 Å². The molecule has 1 unspecified atom stereocenters. The Labute approximate surface area is 244 Å². The standard InChI is InChI=1S/C32H32N6O4/c1-20(39)38(17-5-16-37(2)3)24-10-8-23(9-11-24)35-30(21-7-13-26-28(18-21)34-15-14-33-26)29-25-12-6-22(32(41)42-4)19-27(25)36-31(29)40/h6-15,18-19,29H,5,16-17H2,1-4H3,(H,36,40). The van der Waals surface area contributed by atoms with Crippen molar-refractivity contribution in [2.24, 2.45) is 4.99 Å². The number of hydrogen-bond acceptors (Lipinski definition) is 8. The Kier molecular flexibility index (Phi) is 8.35. The molecular formula is C32H32N6O4. The predicted molar refractivity (Wildman–Crippen MR) is 163 cm³/mol. The maximum atomic E-state index is 13.4. The fraction of sp³-hybridized carbons (Fsp3) is 0.250. The van der Waals surface area contributed by atoms with Crippen molar-refractivity contribution < 1.29 is 19.1 Å². The molecule has 10 heteroatoms. The summed E-state index contributed by atoms with van der Waals surface area (Å²) >= 11 is 0. The van der Waals surface area contributed by atoms with Crippen LogP contribution in [0, 0.1) is 0 Å². The van der Waals surface area contributed by atoms with Gasteiger partial charge in [0.1, 0.15) is 5.92 Å². The van der Waals surface area contributed by atoms with Gasteiger partial charge in [-0.25, -0.2) is 4.79 Å². The van der Waals surface area contributed by atoms with Gasteiger partial charge in [0.15, 0.2) is 0 Å². The number of carbonyl (C=O) groups is 3. The number of ether oxygens (including phenoxy) is 1. The molecule has 3 aromatic carbocycles. The number of rotatable bonds is 9. The van der Waals surface area contributed by atoms with Crippen LogP contribution in [0.5, 0.6) is 0 Å². The second-order valence-corrected chi connectivity index (χ2v) is 10.3. The molecule has 1 aromatic heterocycles. The highest BCUT2D eigenvalue weighted by Crippen LogP contribution is 2.37. The average molecular weight is 565 g/mol. The number of nitrogens with one attached hydrogen (secondary N) is 1. The highest BCUT2D eigenvalue weighted by Gasteiger charge is 2.36. The minimum atomic E-state index is -0.736. The summed E-state index contributed by atoms with van der Waals surface area (Å²) in [7, 11) is 5.33. The first kappa shape index (κ1) is 28.6. The number of benzene rings is 3. The van der Waals surface area contributed by atoms with Crippen LogP contribution in [-0.2, 0) is 14.3 Å². The zero-order valence-electron chi connectivity index (χ0n) is 24.0. The maximum absolute atomic E-state index is 13.4. The Morgan fingerprint density at radius 3 is 2.33 bits per heavy atom. The quantitative estimate of drug-likeness (QED) is 0.234. The normalized spacial score (nSPS) is 14.5. The molecule has 4 aromatic rings. The number of aliphatic imine (C=N–C) groups is 1. The van der Waals surface area contributed by atoms with Crippen molar-refractivity contribution in [1.82, 2.24) is 14.9 Å². The number of fused-ring (bicyclic) bond motifs is 2. The lowest BCUT2D eigenvalue weighted by atomic mass is 9.90. The van der Waals surface area contributed by atoms with Crippen LogP contribution in [0.1, 0.15) is 40.7 Å². The van der Waals surface area contributed by atoms with Gasteiger partial charge in [-0.3, -0.25) is 24.5 Å². The topological polar surface area (TPSA) is 117 Å². The number of nitrogens with zero attached hydrogens (tertiary/aromatic N) is 5. The lowest BCUT2D eigenvalue weighted by Gasteiger charge is -2.22. The summed E-state index contributed by atoms with van der Waals surface area (Å²) in [6.45, 7) is 3.04. The van der Waals surface area contributed by atoms with Gasteiger partial charge < -0.3 is 19.9 Å². The second-order valence-electron chi connectivity index (χ2n) is 10.3. The third-order valence-electron chi connectivity index (χ3n) is 7.12. The monoisotopic (exact) mass is 564 g/mol. The molecule has 2 heterocycles. The predicted octanol–water partition coefficient (Wildman–Crippen LogP) is 4.58. The summed E-state index contributed by atoms with van der Waals surface area (Å²) in [5.74, 6) is -1.52. The van der Waals surface area contributed by atoms with Crippen molar-refractivity contribution in [2.45, 2.75) is 19.3 Å². The number of amides is 2. The molecule has 0 fully saturated rings. The Morgan fingerprint density at radius 1 is 0.929 bits per heavy atom. The van der Waals surface area contributed by atoms with Crippen LogP contribution in [0.2, 0.25) is 0 Å². The van der Waals surface area contributed by atoms with E-state index in [1.807, 2.05) is 56.6 Å². The molecule has 1 aliphatic heterocycles. The molecule has 0 aliphatic carbocycles. The van der Waals surface area contributed by atoms with Crippen molar-refractivity contribution in [3.8, 4) is 0 Å². The van der Waals surface area contributed by atoms with Crippen molar-refractivity contribution in [1.29, 1.82) is 0 Å². The van der Waals surface area contributed by atoms with Gasteiger partial charge in [-0.1, -0.05) is 12.1 Å². The van der Waals surface area contributed by atoms with Crippen LogP contribution in [0.25, 0.3) is 11.0 Å². The number of anilines is 2. The van der Waals surface area contributed by atoms with Crippen molar-refractivity contribution in [3.05, 3.63) is 89.7 Å². The third-order valence-corrected chi connectivity index (χ3v) is 7.12. The van der Waals surface area contributed by atoms with E-state index in [-0.39, 0.29) is 11.8 Å². The Bertz CT molecular complexity index is 1680. The zero-order valence-corrected chi connectivity index (χ0v) is 24.0. The van der Waals surface area contributed by atoms with E-state index in [9.17, 15) is 14.4 Å². The molecular weight excluding hydrogens is 532 g/mol. The van der Waals surface area contributed by atoms with Gasteiger partial charge in [-0.05, 0) is 86.7 Å². The first-order chi connectivity index (χ1) is 20.2. The van der Waals surface area contributed by atoms with E-state index in [2.05, 4.69) is 20.2 Å². The molecule has 0 radical (unpaired) electrons. The summed E-state index contributed by atoms with van der Waals surface area (Å²) in [5.41, 5.74) is 5.61. The first-order valence-electron chi connectivity index (χ1n) is 13.6. The van der Waals surface area contributed by atoms with E-state index < -0.39 is 11.9 Å². The number of carbonyl (C=O) groups excluding carboxylic acids is 3. The largest absolute Gasteiger partial charge is 0.465 e. The van der Waals surface area contributed by atoms with Crippen LogP contribution in [0.15, 0.2) is 78.0 Å². The van der Waals surface area contributed by atoms with Gasteiger partial charge in [-0.2, -0.15) is 0 Å². The molecule has 2 amide bonds. The third kappa shape index (κ3) is 6.03. The summed E-state index contributed by atoms with van der Waals surface area (Å²) < 4.78 is 4.84. The molecule has 0 saturated heterocycles. The Morgan fingerprint density at radius 2 is 1.64 bits per heavy atom. The van der Waals surface area contributed by atoms with Crippen molar-refractivity contribution in [3.63, 3.8) is 0 Å². The molecule has 0 saturated carbocycles. The van der Waals surface area contributed by atoms with Crippen LogP contribution < -0.4 is 10.2 Å². The van der Waals surface area contributed by atoms with E-state index in [0.717, 1.165) is 24.2 Å². The van der Waals surface area contributed by atoms with Crippen LogP contribution in [0.3, 0.4) is 0 Å². The summed E-state index contributed by atoms with van der Waals surface area (Å²) in [5, 5.41) is 2.90. The van der Waals surface area contributed by atoms with Crippen LogP contribution in [-0.4, -0.2) is 72.7 Å². The summed E-state index contributed by atoms with van der Waals surface area (Å²) in [6, 6.07) is 18.0. The molecule has 0 bridgehead atoms. The molecule has 1 N–H and O–H groups in total. The fourth-order valence-electron chi connectivity index (χ4n) is 5.06. The highest BCUT2D eigenvalue weighted by atomic mass is 16.5. The summed E-state index contributed by atoms with van der Waals surface area (Å²) in [6.07, 6.45) is 4.09. The molecule has 10 nitrogen and oxygen atoms in total. The van der Waals surface area contributed by atoms with E-state index in [1.165, 1.54) is 7.11 Å². The lowest BCUT2D eigenvalue weighted by molar-refractivity contribution is -0.117. The van der Waals surface area contributed by atoms with Gasteiger partial charge in [-0.15, -0.1) is 0 Å². The number of methoxy groups -OCH3 is 1. The Hall–Kier alpha value is -4.96. The lowest BCUT2D eigenvalue weighted by Crippen LogP contribution is -2.31. The summed E-state index contributed by atoms with van der Waals surface area (Å²) in [4.78, 5) is 55.5. The van der Waals surface area contributed by atoms with Gasteiger partial charge in [0.05, 0.1) is 35.1 Å². The molecule has 0 spiro atoms. The van der Waals surface area contributed by atoms with Crippen molar-refractivity contribution in [2.75, 3.05) is 44.5 Å². The van der Waals surface area contributed by atoms with Crippen molar-refractivity contribution >= 4 is 51.6 Å². The average Bonchev–Trinajstić information content (AvgIpc) is 3.32. The van der Waals surface area contributed by atoms with E-state index >= 15 is 0 Å². The molecule has 214 valence electrons. The molecule has 5 rings (SSSR count). The smallest absolute Gasteiger partial charge is 0.337 e. The molecule has 1 aliphatic rings. The van der Waals surface area contributed by atoms with Crippen LogP contribution in [0.4, 0.5) is 17.1 Å². The van der Waals surface area contributed by atoms with Gasteiger partial charge >= 0.3 is 5.97 Å². The second kappa shape index (κ2) is 12.3. The minimum absolute atomic E-state index is 0.0338. The van der Waals surface area contributed by atoms with Gasteiger partial charge in [0.25, 0.3) is 0 Å². The minimum Gasteiger partial charge on any atom is -0.465 e. The highest BCUT2D eigenvalue weighted by molar-refractivity contribution is 6.24. The van der Waals surface area contributed by atoms with Gasteiger partial charge in [0, 0.05) is 37.2 Å². The van der Waals surface area contributed by atoms with Crippen LogP contribution >= 0.6 is 0 Å². The zero-order chi connectivity index (χ0) is 29.8. The first-order valence-corrected chi connectivity index (χ1v) is 13.6. The molecule has 1 atom stereocenters. The molecule has 42 heavy (non-hydrogen) atoms. The number of esters is 1. The SMILES string of the molecule is COC(=O)c1ccc2c(c1)NC(=O)C2C(=Nc1ccc(N(CCCN(C)C)C(C)=O)cc1)c1ccc2nccnc2c1. The number of hydrogen-bond donors (Lipinski definition) is 1. The van der Waals surface area contributed by atoms with E-state index in [0.29, 0.717) is 45.8 Å². The van der Waals surface area contributed by atoms with E-state index in [4.69, 9.17) is 9.73 Å². The maximum Gasteiger partial charge on any atom is 0.337 e. The fourth-order valence-corrected chi connectivity index (χ4v) is 5.06. The Balaban J connectivity index is 1.55. The number of aromatic nitrogens is 2.